The number of halogens is 3. The SMILES string of the molecule is O=C(O)C1(CCOC(F)(F)F)CC2CCC1O2. The zero-order valence-electron chi connectivity index (χ0n) is 9.00. The molecule has 0 aliphatic carbocycles. The van der Waals surface area contributed by atoms with E-state index in [-0.39, 0.29) is 18.9 Å². The number of ether oxygens (including phenoxy) is 2. The molecule has 0 saturated carbocycles. The number of hydrogen-bond donors (Lipinski definition) is 1. The Balaban J connectivity index is 1.97. The van der Waals surface area contributed by atoms with Crippen LogP contribution in [0.15, 0.2) is 0 Å². The van der Waals surface area contributed by atoms with Crippen LogP contribution in [0.2, 0.25) is 0 Å². The first-order chi connectivity index (χ1) is 7.83. The molecule has 0 aromatic carbocycles. The third kappa shape index (κ3) is 2.40. The predicted octanol–water partition coefficient (Wildman–Crippen LogP) is 1.94. The fraction of sp³-hybridized carbons (Fsp3) is 0.900. The van der Waals surface area contributed by atoms with Crippen molar-refractivity contribution in [3.05, 3.63) is 0 Å². The Morgan fingerprint density at radius 1 is 1.47 bits per heavy atom. The van der Waals surface area contributed by atoms with Gasteiger partial charge in [0.15, 0.2) is 0 Å². The highest BCUT2D eigenvalue weighted by molar-refractivity contribution is 5.76. The summed E-state index contributed by atoms with van der Waals surface area (Å²) < 4.78 is 44.6. The van der Waals surface area contributed by atoms with Crippen LogP contribution in [0.3, 0.4) is 0 Å². The van der Waals surface area contributed by atoms with E-state index in [0.29, 0.717) is 6.42 Å². The Morgan fingerprint density at radius 3 is 2.59 bits per heavy atom. The number of hydrogen-bond acceptors (Lipinski definition) is 3. The van der Waals surface area contributed by atoms with Crippen molar-refractivity contribution < 1.29 is 32.5 Å². The second-order valence-electron chi connectivity index (χ2n) is 4.53. The quantitative estimate of drug-likeness (QED) is 0.832. The van der Waals surface area contributed by atoms with Crippen molar-refractivity contribution in [2.24, 2.45) is 5.41 Å². The maximum atomic E-state index is 11.8. The van der Waals surface area contributed by atoms with Gasteiger partial charge in [-0.15, -0.1) is 13.2 Å². The number of alkyl halides is 3. The number of fused-ring (bicyclic) bond motifs is 2. The van der Waals surface area contributed by atoms with Gasteiger partial charge in [0.1, 0.15) is 0 Å². The molecule has 0 radical (unpaired) electrons. The molecule has 3 atom stereocenters. The lowest BCUT2D eigenvalue weighted by atomic mass is 9.72. The molecule has 2 aliphatic rings. The van der Waals surface area contributed by atoms with Crippen molar-refractivity contribution in [2.75, 3.05) is 6.61 Å². The van der Waals surface area contributed by atoms with Crippen molar-refractivity contribution in [3.8, 4) is 0 Å². The number of aliphatic carboxylic acids is 1. The predicted molar refractivity (Wildman–Crippen MR) is 49.2 cm³/mol. The van der Waals surface area contributed by atoms with E-state index in [0.717, 1.165) is 6.42 Å². The molecule has 7 heteroatoms. The molecule has 98 valence electrons. The lowest BCUT2D eigenvalue weighted by molar-refractivity contribution is -0.326. The average molecular weight is 254 g/mol. The van der Waals surface area contributed by atoms with E-state index in [1.54, 1.807) is 0 Å². The molecule has 2 aliphatic heterocycles. The van der Waals surface area contributed by atoms with Gasteiger partial charge in [0.2, 0.25) is 0 Å². The largest absolute Gasteiger partial charge is 0.522 e. The van der Waals surface area contributed by atoms with E-state index in [2.05, 4.69) is 4.74 Å². The molecule has 0 spiro atoms. The standard InChI is InChI=1S/C10H13F3O4/c11-10(12,13)16-4-3-9(8(14)15)5-6-1-2-7(9)17-6/h6-7H,1-5H2,(H,14,15). The van der Waals surface area contributed by atoms with Gasteiger partial charge in [0, 0.05) is 0 Å². The van der Waals surface area contributed by atoms with Crippen LogP contribution < -0.4 is 0 Å². The van der Waals surface area contributed by atoms with Crippen LogP contribution in [0.1, 0.15) is 25.7 Å². The zero-order valence-corrected chi connectivity index (χ0v) is 9.00. The molecule has 2 rings (SSSR count). The summed E-state index contributed by atoms with van der Waals surface area (Å²) in [5, 5.41) is 9.20. The molecule has 17 heavy (non-hydrogen) atoms. The molecule has 4 nitrogen and oxygen atoms in total. The van der Waals surface area contributed by atoms with Crippen LogP contribution in [-0.2, 0) is 14.3 Å². The highest BCUT2D eigenvalue weighted by Gasteiger charge is 2.57. The third-order valence-corrected chi connectivity index (χ3v) is 3.56. The van der Waals surface area contributed by atoms with Crippen LogP contribution in [0.25, 0.3) is 0 Å². The van der Waals surface area contributed by atoms with Crippen LogP contribution in [-0.4, -0.2) is 36.3 Å². The Kier molecular flexibility index (Phi) is 3.07. The molecule has 1 N–H and O–H groups in total. The Hall–Kier alpha value is -0.820. The lowest BCUT2D eigenvalue weighted by Gasteiger charge is -2.30. The van der Waals surface area contributed by atoms with Crippen molar-refractivity contribution >= 4 is 5.97 Å². The van der Waals surface area contributed by atoms with Crippen molar-refractivity contribution in [1.29, 1.82) is 0 Å². The van der Waals surface area contributed by atoms with Gasteiger partial charge in [-0.2, -0.15) is 0 Å². The van der Waals surface area contributed by atoms with Crippen LogP contribution in [0, 0.1) is 5.41 Å². The normalized spacial score (nSPS) is 36.4. The summed E-state index contributed by atoms with van der Waals surface area (Å²) in [6.45, 7) is -0.637. The molecule has 0 aromatic heterocycles. The van der Waals surface area contributed by atoms with Crippen LogP contribution in [0.5, 0.6) is 0 Å². The first-order valence-electron chi connectivity index (χ1n) is 5.43. The zero-order chi connectivity index (χ0) is 12.7. The monoisotopic (exact) mass is 254 g/mol. The first kappa shape index (κ1) is 12.6. The summed E-state index contributed by atoms with van der Waals surface area (Å²) in [5.41, 5.74) is -1.20. The maximum absolute atomic E-state index is 11.8. The second-order valence-corrected chi connectivity index (χ2v) is 4.53. The summed E-state index contributed by atoms with van der Waals surface area (Å²) in [6, 6.07) is 0. The van der Waals surface area contributed by atoms with Crippen LogP contribution in [0.4, 0.5) is 13.2 Å². The Labute approximate surface area is 95.7 Å². The Morgan fingerprint density at radius 2 is 2.18 bits per heavy atom. The molecule has 2 heterocycles. The molecule has 3 unspecified atom stereocenters. The van der Waals surface area contributed by atoms with Gasteiger partial charge in [0.25, 0.3) is 0 Å². The second kappa shape index (κ2) is 4.13. The number of carboxylic acid groups (broad SMARTS) is 1. The van der Waals surface area contributed by atoms with Gasteiger partial charge in [-0.25, -0.2) is 0 Å². The van der Waals surface area contributed by atoms with Gasteiger partial charge < -0.3 is 9.84 Å². The molecule has 2 bridgehead atoms. The minimum absolute atomic E-state index is 0.123. The fourth-order valence-electron chi connectivity index (χ4n) is 2.74. The maximum Gasteiger partial charge on any atom is 0.522 e. The molecule has 2 saturated heterocycles. The van der Waals surface area contributed by atoms with Crippen molar-refractivity contribution in [3.63, 3.8) is 0 Å². The Bertz CT molecular complexity index is 317. The smallest absolute Gasteiger partial charge is 0.481 e. The van der Waals surface area contributed by atoms with Gasteiger partial charge in [0.05, 0.1) is 24.2 Å². The number of carbonyl (C=O) groups is 1. The molecular weight excluding hydrogens is 241 g/mol. The van der Waals surface area contributed by atoms with Gasteiger partial charge in [-0.1, -0.05) is 0 Å². The van der Waals surface area contributed by atoms with Gasteiger partial charge in [-0.05, 0) is 25.7 Å². The number of carboxylic acids is 1. The molecular formula is C10H13F3O4. The summed E-state index contributed by atoms with van der Waals surface area (Å²) in [4.78, 5) is 11.3. The van der Waals surface area contributed by atoms with E-state index >= 15 is 0 Å². The minimum atomic E-state index is -4.71. The molecule has 2 fully saturated rings. The topological polar surface area (TPSA) is 55.8 Å². The highest BCUT2D eigenvalue weighted by Crippen LogP contribution is 2.50. The van der Waals surface area contributed by atoms with E-state index in [1.165, 1.54) is 0 Å². The average Bonchev–Trinajstić information content (AvgIpc) is 2.75. The van der Waals surface area contributed by atoms with E-state index in [1.807, 2.05) is 0 Å². The van der Waals surface area contributed by atoms with Crippen molar-refractivity contribution in [2.45, 2.75) is 44.3 Å². The van der Waals surface area contributed by atoms with Gasteiger partial charge >= 0.3 is 12.3 Å². The summed E-state index contributed by atoms with van der Waals surface area (Å²) in [7, 11) is 0. The number of rotatable bonds is 4. The van der Waals surface area contributed by atoms with Crippen LogP contribution >= 0.6 is 0 Å². The molecule has 0 aromatic rings. The summed E-state index contributed by atoms with van der Waals surface area (Å²) >= 11 is 0. The van der Waals surface area contributed by atoms with E-state index in [9.17, 15) is 23.1 Å². The summed E-state index contributed by atoms with van der Waals surface area (Å²) in [6.07, 6.45) is -3.79. The third-order valence-electron chi connectivity index (χ3n) is 3.56. The van der Waals surface area contributed by atoms with Gasteiger partial charge in [-0.3, -0.25) is 9.53 Å². The summed E-state index contributed by atoms with van der Waals surface area (Å²) in [5.74, 6) is -1.09. The minimum Gasteiger partial charge on any atom is -0.481 e. The molecule has 0 amide bonds. The van der Waals surface area contributed by atoms with E-state index in [4.69, 9.17) is 4.74 Å². The lowest BCUT2D eigenvalue weighted by Crippen LogP contribution is -2.41. The fourth-order valence-corrected chi connectivity index (χ4v) is 2.74. The highest BCUT2D eigenvalue weighted by atomic mass is 19.4. The first-order valence-corrected chi connectivity index (χ1v) is 5.43. The van der Waals surface area contributed by atoms with Crippen molar-refractivity contribution in [1.82, 2.24) is 0 Å². The van der Waals surface area contributed by atoms with E-state index < -0.39 is 30.5 Å².